The van der Waals surface area contributed by atoms with Crippen molar-refractivity contribution in [2.45, 2.75) is 18.3 Å². The van der Waals surface area contributed by atoms with Crippen molar-refractivity contribution in [2.75, 3.05) is 0 Å². The minimum atomic E-state index is -0.669. The van der Waals surface area contributed by atoms with Gasteiger partial charge in [-0.25, -0.2) is 8.78 Å². The third kappa shape index (κ3) is 1.19. The van der Waals surface area contributed by atoms with Crippen LogP contribution in [0.3, 0.4) is 0 Å². The summed E-state index contributed by atoms with van der Waals surface area (Å²) in [5.74, 6) is -1.21. The van der Waals surface area contributed by atoms with Crippen LogP contribution in [0.15, 0.2) is 18.2 Å². The average molecular weight is 179 g/mol. The Hall–Kier alpha value is -1.43. The normalized spacial score (nSPS) is 17.9. The fourth-order valence-electron chi connectivity index (χ4n) is 1.44. The topological polar surface area (TPSA) is 23.8 Å². The Kier molecular flexibility index (Phi) is 1.59. The van der Waals surface area contributed by atoms with Gasteiger partial charge in [0.15, 0.2) is 0 Å². The van der Waals surface area contributed by atoms with Crippen molar-refractivity contribution < 1.29 is 8.78 Å². The molecule has 0 N–H and O–H groups in total. The molecule has 0 spiro atoms. The van der Waals surface area contributed by atoms with E-state index in [0.29, 0.717) is 18.4 Å². The van der Waals surface area contributed by atoms with E-state index in [-0.39, 0.29) is 0 Å². The highest BCUT2D eigenvalue weighted by Crippen LogP contribution is 2.48. The Labute approximate surface area is 74.6 Å². The quantitative estimate of drug-likeness (QED) is 0.649. The number of hydrogen-bond acceptors (Lipinski definition) is 1. The second-order valence-corrected chi connectivity index (χ2v) is 3.32. The zero-order valence-electron chi connectivity index (χ0n) is 6.85. The van der Waals surface area contributed by atoms with Gasteiger partial charge in [-0.1, -0.05) is 6.07 Å². The van der Waals surface area contributed by atoms with E-state index in [4.69, 9.17) is 5.26 Å². The summed E-state index contributed by atoms with van der Waals surface area (Å²) in [6.45, 7) is 0. The maximum Gasteiger partial charge on any atom is 0.130 e. The molecule has 3 heteroatoms. The van der Waals surface area contributed by atoms with Crippen LogP contribution in [0.5, 0.6) is 0 Å². The molecule has 1 nitrogen and oxygen atoms in total. The average Bonchev–Trinajstić information content (AvgIpc) is 2.85. The smallest absolute Gasteiger partial charge is 0.130 e. The molecule has 0 heterocycles. The van der Waals surface area contributed by atoms with Crippen LogP contribution in [0.2, 0.25) is 0 Å². The van der Waals surface area contributed by atoms with Crippen LogP contribution in [0.4, 0.5) is 8.78 Å². The lowest BCUT2D eigenvalue weighted by atomic mass is 9.97. The summed E-state index contributed by atoms with van der Waals surface area (Å²) in [7, 11) is 0. The van der Waals surface area contributed by atoms with E-state index in [1.807, 2.05) is 0 Å². The van der Waals surface area contributed by atoms with Gasteiger partial charge in [0.25, 0.3) is 0 Å². The Bertz CT molecular complexity index is 388. The SMILES string of the molecule is N#CC1(c2ccc(F)cc2F)CC1. The van der Waals surface area contributed by atoms with Gasteiger partial charge < -0.3 is 0 Å². The number of halogens is 2. The van der Waals surface area contributed by atoms with Gasteiger partial charge in [-0.15, -0.1) is 0 Å². The summed E-state index contributed by atoms with van der Waals surface area (Å²) in [6.07, 6.45) is 1.35. The molecular formula is C10H7F2N. The second kappa shape index (κ2) is 2.53. The van der Waals surface area contributed by atoms with Gasteiger partial charge in [-0.2, -0.15) is 5.26 Å². The van der Waals surface area contributed by atoms with E-state index in [1.165, 1.54) is 12.1 Å². The number of rotatable bonds is 1. The third-order valence-corrected chi connectivity index (χ3v) is 2.41. The summed E-state index contributed by atoms with van der Waals surface area (Å²) >= 11 is 0. The molecule has 0 unspecified atom stereocenters. The molecule has 0 saturated heterocycles. The Morgan fingerprint density at radius 3 is 2.46 bits per heavy atom. The van der Waals surface area contributed by atoms with Gasteiger partial charge >= 0.3 is 0 Å². The van der Waals surface area contributed by atoms with Gasteiger partial charge in [-0.05, 0) is 18.9 Å². The molecule has 2 rings (SSSR count). The lowest BCUT2D eigenvalue weighted by molar-refractivity contribution is 0.565. The van der Waals surface area contributed by atoms with Crippen molar-refractivity contribution in [1.29, 1.82) is 5.26 Å². The first-order chi connectivity index (χ1) is 6.18. The van der Waals surface area contributed by atoms with Crippen molar-refractivity contribution in [3.8, 4) is 6.07 Å². The van der Waals surface area contributed by atoms with Crippen LogP contribution in [-0.4, -0.2) is 0 Å². The minimum absolute atomic E-state index is 0.330. The van der Waals surface area contributed by atoms with Crippen molar-refractivity contribution in [3.63, 3.8) is 0 Å². The van der Waals surface area contributed by atoms with Crippen LogP contribution in [0.25, 0.3) is 0 Å². The molecule has 1 aliphatic rings. The molecule has 0 bridgehead atoms. The predicted octanol–water partition coefficient (Wildman–Crippen LogP) is 2.52. The fourth-order valence-corrected chi connectivity index (χ4v) is 1.44. The van der Waals surface area contributed by atoms with Crippen LogP contribution < -0.4 is 0 Å². The fraction of sp³-hybridized carbons (Fsp3) is 0.300. The zero-order chi connectivity index (χ0) is 9.47. The summed E-state index contributed by atoms with van der Waals surface area (Å²) in [6, 6.07) is 5.44. The molecule has 0 atom stereocenters. The minimum Gasteiger partial charge on any atom is -0.207 e. The molecule has 0 amide bonds. The number of benzene rings is 1. The van der Waals surface area contributed by atoms with Crippen LogP contribution in [0, 0.1) is 23.0 Å². The molecule has 0 aliphatic heterocycles. The molecule has 13 heavy (non-hydrogen) atoms. The monoisotopic (exact) mass is 179 g/mol. The molecule has 66 valence electrons. The number of hydrogen-bond donors (Lipinski definition) is 0. The van der Waals surface area contributed by atoms with Crippen molar-refractivity contribution in [1.82, 2.24) is 0 Å². The van der Waals surface area contributed by atoms with Gasteiger partial charge in [0.05, 0.1) is 11.5 Å². The van der Waals surface area contributed by atoms with Crippen molar-refractivity contribution >= 4 is 0 Å². The maximum atomic E-state index is 13.2. The Morgan fingerprint density at radius 2 is 2.00 bits per heavy atom. The van der Waals surface area contributed by atoms with E-state index < -0.39 is 17.0 Å². The van der Waals surface area contributed by atoms with Crippen LogP contribution in [0.1, 0.15) is 18.4 Å². The summed E-state index contributed by atoms with van der Waals surface area (Å²) in [5.41, 5.74) is -0.339. The van der Waals surface area contributed by atoms with Crippen LogP contribution in [-0.2, 0) is 5.41 Å². The first kappa shape index (κ1) is 8.18. The Balaban J connectivity index is 2.48. The first-order valence-corrected chi connectivity index (χ1v) is 4.05. The van der Waals surface area contributed by atoms with E-state index in [0.717, 1.165) is 6.07 Å². The molecule has 1 aromatic carbocycles. The third-order valence-electron chi connectivity index (χ3n) is 2.41. The molecule has 1 aromatic rings. The van der Waals surface area contributed by atoms with E-state index in [2.05, 4.69) is 6.07 Å². The van der Waals surface area contributed by atoms with Gasteiger partial charge in [-0.3, -0.25) is 0 Å². The zero-order valence-corrected chi connectivity index (χ0v) is 6.85. The van der Waals surface area contributed by atoms with Gasteiger partial charge in [0, 0.05) is 11.6 Å². The largest absolute Gasteiger partial charge is 0.207 e. The lowest BCUT2D eigenvalue weighted by Crippen LogP contribution is -2.05. The highest BCUT2D eigenvalue weighted by atomic mass is 19.1. The summed E-state index contributed by atoms with van der Waals surface area (Å²) in [5, 5.41) is 8.79. The molecule has 0 aromatic heterocycles. The highest BCUT2D eigenvalue weighted by Gasteiger charge is 2.46. The summed E-state index contributed by atoms with van der Waals surface area (Å²) < 4.78 is 25.7. The standard InChI is InChI=1S/C10H7F2N/c11-7-1-2-8(9(12)5-7)10(6-13)3-4-10/h1-2,5H,3-4H2. The second-order valence-electron chi connectivity index (χ2n) is 3.32. The van der Waals surface area contributed by atoms with Crippen molar-refractivity contribution in [3.05, 3.63) is 35.4 Å². The summed E-state index contributed by atoms with van der Waals surface area (Å²) in [4.78, 5) is 0. The first-order valence-electron chi connectivity index (χ1n) is 4.05. The molecule has 0 radical (unpaired) electrons. The number of nitrogens with zero attached hydrogens (tertiary/aromatic N) is 1. The van der Waals surface area contributed by atoms with Crippen molar-refractivity contribution in [2.24, 2.45) is 0 Å². The van der Waals surface area contributed by atoms with E-state index in [9.17, 15) is 8.78 Å². The number of nitriles is 1. The van der Waals surface area contributed by atoms with Gasteiger partial charge in [0.2, 0.25) is 0 Å². The lowest BCUT2D eigenvalue weighted by Gasteiger charge is -2.06. The Morgan fingerprint density at radius 1 is 1.31 bits per heavy atom. The van der Waals surface area contributed by atoms with E-state index in [1.54, 1.807) is 0 Å². The van der Waals surface area contributed by atoms with E-state index >= 15 is 0 Å². The molecular weight excluding hydrogens is 172 g/mol. The molecule has 1 saturated carbocycles. The van der Waals surface area contributed by atoms with Gasteiger partial charge in [0.1, 0.15) is 11.6 Å². The highest BCUT2D eigenvalue weighted by molar-refractivity contribution is 5.39. The predicted molar refractivity (Wildman–Crippen MR) is 42.9 cm³/mol. The molecule has 1 aliphatic carbocycles. The maximum absolute atomic E-state index is 13.2. The molecule has 1 fully saturated rings. The van der Waals surface area contributed by atoms with Crippen LogP contribution >= 0.6 is 0 Å².